The number of hydrogen-bond donors (Lipinski definition) is 1. The van der Waals surface area contributed by atoms with Crippen LogP contribution < -0.4 is 5.32 Å². The summed E-state index contributed by atoms with van der Waals surface area (Å²) in [6, 6.07) is 0. The van der Waals surface area contributed by atoms with Gasteiger partial charge in [-0.15, -0.1) is 23.7 Å². The van der Waals surface area contributed by atoms with Crippen LogP contribution in [0.4, 0.5) is 0 Å². The van der Waals surface area contributed by atoms with Gasteiger partial charge in [-0.3, -0.25) is 4.90 Å². The summed E-state index contributed by atoms with van der Waals surface area (Å²) in [5, 5.41) is 5.66. The molecule has 6 heteroatoms. The monoisotopic (exact) mass is 316 g/mol. The van der Waals surface area contributed by atoms with Crippen molar-refractivity contribution < 1.29 is 0 Å². The molecule has 1 aromatic heterocycles. The predicted molar refractivity (Wildman–Crippen MR) is 86.7 cm³/mol. The minimum absolute atomic E-state index is 0. The zero-order chi connectivity index (χ0) is 13.1. The van der Waals surface area contributed by atoms with Gasteiger partial charge in [0.25, 0.3) is 0 Å². The highest BCUT2D eigenvalue weighted by Gasteiger charge is 2.31. The largest absolute Gasteiger partial charge is 0.316 e. The molecule has 3 heterocycles. The molecule has 2 saturated heterocycles. The zero-order valence-electron chi connectivity index (χ0n) is 12.2. The molecule has 0 amide bonds. The third-order valence-electron chi connectivity index (χ3n) is 4.40. The van der Waals surface area contributed by atoms with Crippen LogP contribution in [0.15, 0.2) is 10.9 Å². The van der Waals surface area contributed by atoms with E-state index in [9.17, 15) is 0 Å². The van der Waals surface area contributed by atoms with Gasteiger partial charge >= 0.3 is 0 Å². The van der Waals surface area contributed by atoms with Gasteiger partial charge in [-0.25, -0.2) is 4.98 Å². The number of hydrogen-bond acceptors (Lipinski definition) is 5. The summed E-state index contributed by atoms with van der Waals surface area (Å²) in [7, 11) is 0. The van der Waals surface area contributed by atoms with Crippen molar-refractivity contribution >= 4 is 23.7 Å². The minimum Gasteiger partial charge on any atom is -0.316 e. The maximum Gasteiger partial charge on any atom is 0.0795 e. The first-order valence-electron chi connectivity index (χ1n) is 7.26. The van der Waals surface area contributed by atoms with Gasteiger partial charge in [0.05, 0.1) is 11.2 Å². The maximum absolute atomic E-state index is 4.38. The first kappa shape index (κ1) is 16.2. The lowest BCUT2D eigenvalue weighted by molar-refractivity contribution is 0.0927. The third kappa shape index (κ3) is 4.15. The number of rotatable bonds is 4. The fourth-order valence-corrected chi connectivity index (χ4v) is 3.74. The van der Waals surface area contributed by atoms with E-state index in [1.165, 1.54) is 57.9 Å². The Bertz CT molecular complexity index is 384. The number of piperazine rings is 1. The molecule has 0 aromatic carbocycles. The maximum atomic E-state index is 4.38. The zero-order valence-corrected chi connectivity index (χ0v) is 13.8. The second kappa shape index (κ2) is 7.18. The molecule has 1 N–H and O–H groups in total. The van der Waals surface area contributed by atoms with Gasteiger partial charge in [-0.05, 0) is 18.4 Å². The second-order valence-electron chi connectivity index (χ2n) is 6.27. The Morgan fingerprint density at radius 2 is 2.05 bits per heavy atom. The van der Waals surface area contributed by atoms with Gasteiger partial charge in [0.1, 0.15) is 0 Å². The lowest BCUT2D eigenvalue weighted by atomic mass is 9.89. The molecule has 114 valence electrons. The lowest BCUT2D eigenvalue weighted by Gasteiger charge is -2.38. The molecule has 0 radical (unpaired) electrons. The molecule has 20 heavy (non-hydrogen) atoms. The smallest absolute Gasteiger partial charge is 0.0795 e. The average Bonchev–Trinajstić information content (AvgIpc) is 3.04. The van der Waals surface area contributed by atoms with Crippen LogP contribution >= 0.6 is 23.7 Å². The van der Waals surface area contributed by atoms with Crippen LogP contribution in [0.3, 0.4) is 0 Å². The third-order valence-corrected chi connectivity index (χ3v) is 5.03. The number of halogens is 1. The number of nitrogens with one attached hydrogen (secondary N) is 1. The highest BCUT2D eigenvalue weighted by molar-refractivity contribution is 7.07. The summed E-state index contributed by atoms with van der Waals surface area (Å²) in [6.45, 7) is 11.9. The Labute approximate surface area is 132 Å². The molecule has 0 spiro atoms. The van der Waals surface area contributed by atoms with Crippen molar-refractivity contribution in [3.05, 3.63) is 16.6 Å². The molecule has 2 aliphatic heterocycles. The Morgan fingerprint density at radius 1 is 1.30 bits per heavy atom. The van der Waals surface area contributed by atoms with E-state index in [-0.39, 0.29) is 12.4 Å². The van der Waals surface area contributed by atoms with E-state index in [0.29, 0.717) is 5.41 Å². The van der Waals surface area contributed by atoms with Crippen LogP contribution in [0.1, 0.15) is 19.0 Å². The van der Waals surface area contributed by atoms with E-state index in [0.717, 1.165) is 6.54 Å². The summed E-state index contributed by atoms with van der Waals surface area (Å²) in [4.78, 5) is 9.55. The summed E-state index contributed by atoms with van der Waals surface area (Å²) in [5.74, 6) is 0. The van der Waals surface area contributed by atoms with Gasteiger partial charge in [-0.2, -0.15) is 0 Å². The van der Waals surface area contributed by atoms with Crippen molar-refractivity contribution in [2.75, 3.05) is 45.8 Å². The van der Waals surface area contributed by atoms with Crippen molar-refractivity contribution in [1.29, 1.82) is 0 Å². The molecule has 2 fully saturated rings. The molecule has 2 aliphatic rings. The highest BCUT2D eigenvalue weighted by atomic mass is 35.5. The summed E-state index contributed by atoms with van der Waals surface area (Å²) in [5.41, 5.74) is 3.65. The van der Waals surface area contributed by atoms with Gasteiger partial charge in [0.2, 0.25) is 0 Å². The highest BCUT2D eigenvalue weighted by Crippen LogP contribution is 2.26. The molecular weight excluding hydrogens is 292 g/mol. The topological polar surface area (TPSA) is 31.4 Å². The van der Waals surface area contributed by atoms with Crippen LogP contribution in [0.5, 0.6) is 0 Å². The molecule has 1 atom stereocenters. The van der Waals surface area contributed by atoms with Gasteiger partial charge in [0, 0.05) is 51.2 Å². The summed E-state index contributed by atoms with van der Waals surface area (Å²) < 4.78 is 0. The van der Waals surface area contributed by atoms with Crippen molar-refractivity contribution in [2.24, 2.45) is 5.41 Å². The lowest BCUT2D eigenvalue weighted by Crippen LogP contribution is -2.49. The molecular formula is C14H25ClN4S. The van der Waals surface area contributed by atoms with E-state index < -0.39 is 0 Å². The van der Waals surface area contributed by atoms with Crippen molar-refractivity contribution in [3.8, 4) is 0 Å². The second-order valence-corrected chi connectivity index (χ2v) is 6.99. The van der Waals surface area contributed by atoms with E-state index in [2.05, 4.69) is 32.4 Å². The fraction of sp³-hybridized carbons (Fsp3) is 0.786. The van der Waals surface area contributed by atoms with E-state index in [1.807, 2.05) is 5.51 Å². The van der Waals surface area contributed by atoms with Gasteiger partial charge in [0.15, 0.2) is 0 Å². The van der Waals surface area contributed by atoms with Crippen LogP contribution in [-0.2, 0) is 6.54 Å². The van der Waals surface area contributed by atoms with Crippen molar-refractivity contribution in [3.63, 3.8) is 0 Å². The Hall–Kier alpha value is -0.200. The SMILES string of the molecule is CC1(CN2CCN(Cc3cscn3)CC2)CCNC1.Cl. The number of aromatic nitrogens is 1. The van der Waals surface area contributed by atoms with E-state index in [1.54, 1.807) is 11.3 Å². The molecule has 1 aromatic rings. The fourth-order valence-electron chi connectivity index (χ4n) is 3.19. The van der Waals surface area contributed by atoms with Crippen LogP contribution in [0.25, 0.3) is 0 Å². The normalized spacial score (nSPS) is 28.4. The molecule has 0 bridgehead atoms. The summed E-state index contributed by atoms with van der Waals surface area (Å²) >= 11 is 1.69. The number of nitrogens with zero attached hydrogens (tertiary/aromatic N) is 3. The Morgan fingerprint density at radius 3 is 2.65 bits per heavy atom. The molecule has 4 nitrogen and oxygen atoms in total. The molecule has 0 aliphatic carbocycles. The molecule has 0 saturated carbocycles. The predicted octanol–water partition coefficient (Wildman–Crippen LogP) is 1.68. The van der Waals surface area contributed by atoms with Gasteiger partial charge in [-0.1, -0.05) is 6.92 Å². The van der Waals surface area contributed by atoms with Crippen LogP contribution in [-0.4, -0.2) is 60.6 Å². The van der Waals surface area contributed by atoms with Crippen molar-refractivity contribution in [2.45, 2.75) is 19.9 Å². The van der Waals surface area contributed by atoms with Crippen molar-refractivity contribution in [1.82, 2.24) is 20.1 Å². The van der Waals surface area contributed by atoms with E-state index >= 15 is 0 Å². The number of thiazole rings is 1. The first-order chi connectivity index (χ1) is 9.23. The standard InChI is InChI=1S/C14H24N4S.ClH/c1-14(2-3-15-10-14)11-18-6-4-17(5-7-18)8-13-9-19-12-16-13;/h9,12,15H,2-8,10-11H2,1H3;1H. The summed E-state index contributed by atoms with van der Waals surface area (Å²) in [6.07, 6.45) is 1.33. The minimum atomic E-state index is 0. The molecule has 3 rings (SSSR count). The quantitative estimate of drug-likeness (QED) is 0.916. The van der Waals surface area contributed by atoms with Gasteiger partial charge < -0.3 is 10.2 Å². The van der Waals surface area contributed by atoms with Crippen LogP contribution in [0.2, 0.25) is 0 Å². The average molecular weight is 317 g/mol. The Kier molecular flexibility index (Phi) is 5.81. The van der Waals surface area contributed by atoms with E-state index in [4.69, 9.17) is 0 Å². The Balaban J connectivity index is 0.00000147. The first-order valence-corrected chi connectivity index (χ1v) is 8.20. The molecule has 1 unspecified atom stereocenters. The van der Waals surface area contributed by atoms with Crippen LogP contribution in [0, 0.1) is 5.41 Å².